The average molecular weight is 433 g/mol. The largest absolute Gasteiger partial charge is 0.480 e. The molecule has 4 fully saturated rings. The van der Waals surface area contributed by atoms with Crippen molar-refractivity contribution >= 4 is 12.0 Å². The van der Waals surface area contributed by atoms with Gasteiger partial charge in [0.1, 0.15) is 6.04 Å². The number of carboxylic acids is 1. The molecule has 2 aromatic carbocycles. The Bertz CT molecular complexity index is 987. The fourth-order valence-corrected chi connectivity index (χ4v) is 7.14. The van der Waals surface area contributed by atoms with Crippen LogP contribution in [-0.2, 0) is 16.6 Å². The van der Waals surface area contributed by atoms with Crippen LogP contribution in [-0.4, -0.2) is 28.7 Å². The first-order chi connectivity index (χ1) is 15.3. The maximum Gasteiger partial charge on any atom is 0.326 e. The van der Waals surface area contributed by atoms with Gasteiger partial charge in [0.2, 0.25) is 0 Å². The zero-order chi connectivity index (χ0) is 22.3. The fraction of sp³-hybridized carbons (Fsp3) is 0.481. The first-order valence-electron chi connectivity index (χ1n) is 11.8. The molecule has 4 bridgehead atoms. The molecule has 3 atom stereocenters. The third-order valence-corrected chi connectivity index (χ3v) is 7.99. The number of carboxylic acid groups (broad SMARTS) is 1. The van der Waals surface area contributed by atoms with E-state index >= 15 is 0 Å². The van der Waals surface area contributed by atoms with Crippen molar-refractivity contribution in [3.05, 3.63) is 71.3 Å². The van der Waals surface area contributed by atoms with Crippen molar-refractivity contribution in [3.63, 3.8) is 0 Å². The molecule has 6 rings (SSSR count). The number of aliphatic carboxylic acids is 1. The van der Waals surface area contributed by atoms with Gasteiger partial charge in [0, 0.05) is 12.0 Å². The molecule has 4 saturated carbocycles. The van der Waals surface area contributed by atoms with Crippen LogP contribution in [0.5, 0.6) is 0 Å². The van der Waals surface area contributed by atoms with Crippen molar-refractivity contribution in [3.8, 4) is 0 Å². The van der Waals surface area contributed by atoms with Crippen molar-refractivity contribution in [1.29, 1.82) is 0 Å². The molecule has 2 aromatic rings. The summed E-state index contributed by atoms with van der Waals surface area (Å²) in [5, 5.41) is 15.7. The third-order valence-electron chi connectivity index (χ3n) is 7.99. The number of amides is 2. The Labute approximate surface area is 189 Å². The summed E-state index contributed by atoms with van der Waals surface area (Å²) in [5.41, 5.74) is 3.45. The molecular weight excluding hydrogens is 400 g/mol. The van der Waals surface area contributed by atoms with E-state index in [1.165, 1.54) is 30.4 Å². The van der Waals surface area contributed by atoms with Crippen molar-refractivity contribution in [2.24, 2.45) is 11.8 Å². The lowest BCUT2D eigenvalue weighted by Gasteiger charge is -2.62. The van der Waals surface area contributed by atoms with Crippen LogP contribution >= 0.6 is 0 Å². The number of rotatable bonds is 6. The Morgan fingerprint density at radius 1 is 1.00 bits per heavy atom. The second-order valence-electron chi connectivity index (χ2n) is 10.6. The summed E-state index contributed by atoms with van der Waals surface area (Å²) in [7, 11) is 0. The number of aryl methyl sites for hydroxylation is 1. The summed E-state index contributed by atoms with van der Waals surface area (Å²) >= 11 is 0. The lowest BCUT2D eigenvalue weighted by Crippen LogP contribution is -2.66. The van der Waals surface area contributed by atoms with Crippen molar-refractivity contribution in [1.82, 2.24) is 10.6 Å². The number of urea groups is 1. The average Bonchev–Trinajstić information content (AvgIpc) is 2.73. The molecule has 4 aliphatic carbocycles. The molecular formula is C27H32N2O3. The summed E-state index contributed by atoms with van der Waals surface area (Å²) < 4.78 is 0. The molecule has 0 aliphatic heterocycles. The standard InChI is InChI=1S/C27H32N2O3/c1-18-7-9-22(10-8-18)26-13-20-11-21(14-26)16-27(15-20,17-26)29-25(32)28-23(24(30)31)12-19-5-3-2-4-6-19/h2-10,20-21,23H,11-17H2,1H3,(H,30,31)(H2,28,29,32)/t20-,21-,23-,26?,27?/m1/s1. The zero-order valence-electron chi connectivity index (χ0n) is 18.6. The minimum atomic E-state index is -1.01. The van der Waals surface area contributed by atoms with Crippen LogP contribution in [0.25, 0.3) is 0 Å². The van der Waals surface area contributed by atoms with Gasteiger partial charge >= 0.3 is 12.0 Å². The Morgan fingerprint density at radius 3 is 2.28 bits per heavy atom. The van der Waals surface area contributed by atoms with Gasteiger partial charge in [-0.2, -0.15) is 0 Å². The predicted molar refractivity (Wildman–Crippen MR) is 124 cm³/mol. The van der Waals surface area contributed by atoms with Gasteiger partial charge in [0.25, 0.3) is 0 Å². The van der Waals surface area contributed by atoms with Gasteiger partial charge in [-0.25, -0.2) is 9.59 Å². The Balaban J connectivity index is 1.32. The first kappa shape index (κ1) is 21.0. The van der Waals surface area contributed by atoms with Crippen LogP contribution < -0.4 is 10.6 Å². The SMILES string of the molecule is Cc1ccc(C23C[C@H]4C[C@@H](CC(NC(=O)N[C@H](Cc5ccccc5)C(=O)O)(C4)C2)C3)cc1. The van der Waals surface area contributed by atoms with E-state index in [9.17, 15) is 14.7 Å². The first-order valence-corrected chi connectivity index (χ1v) is 11.8. The maximum absolute atomic E-state index is 13.0. The number of carbonyl (C=O) groups is 2. The molecule has 3 N–H and O–H groups in total. The summed E-state index contributed by atoms with van der Waals surface area (Å²) in [6.45, 7) is 2.12. The monoisotopic (exact) mass is 432 g/mol. The van der Waals surface area contributed by atoms with E-state index in [1.54, 1.807) is 0 Å². The van der Waals surface area contributed by atoms with E-state index in [0.717, 1.165) is 24.8 Å². The van der Waals surface area contributed by atoms with E-state index in [-0.39, 0.29) is 23.4 Å². The molecule has 0 aromatic heterocycles. The number of benzene rings is 2. The van der Waals surface area contributed by atoms with E-state index in [0.29, 0.717) is 11.8 Å². The summed E-state index contributed by atoms with van der Waals surface area (Å²) in [4.78, 5) is 24.9. The van der Waals surface area contributed by atoms with E-state index in [2.05, 4.69) is 41.8 Å². The van der Waals surface area contributed by atoms with Crippen molar-refractivity contribution in [2.75, 3.05) is 0 Å². The molecule has 0 spiro atoms. The minimum absolute atomic E-state index is 0.126. The van der Waals surface area contributed by atoms with Gasteiger partial charge in [-0.1, -0.05) is 60.2 Å². The number of carbonyl (C=O) groups excluding carboxylic acids is 1. The normalized spacial score (nSPS) is 31.2. The van der Waals surface area contributed by atoms with Crippen LogP contribution in [0.4, 0.5) is 4.79 Å². The highest BCUT2D eigenvalue weighted by molar-refractivity contribution is 5.83. The lowest BCUT2D eigenvalue weighted by molar-refractivity contribution is -0.139. The highest BCUT2D eigenvalue weighted by Gasteiger charge is 2.58. The molecule has 5 heteroatoms. The van der Waals surface area contributed by atoms with Crippen LogP contribution in [0.3, 0.4) is 0 Å². The highest BCUT2D eigenvalue weighted by Crippen LogP contribution is 2.62. The number of nitrogens with one attached hydrogen (secondary N) is 2. The maximum atomic E-state index is 13.0. The third kappa shape index (κ3) is 4.01. The Morgan fingerprint density at radius 2 is 1.66 bits per heavy atom. The second-order valence-corrected chi connectivity index (χ2v) is 10.6. The topological polar surface area (TPSA) is 78.4 Å². The smallest absolute Gasteiger partial charge is 0.326 e. The minimum Gasteiger partial charge on any atom is -0.480 e. The lowest BCUT2D eigenvalue weighted by atomic mass is 9.45. The van der Waals surface area contributed by atoms with Crippen LogP contribution in [0.2, 0.25) is 0 Å². The summed E-state index contributed by atoms with van der Waals surface area (Å²) in [6.07, 6.45) is 6.87. The summed E-state index contributed by atoms with van der Waals surface area (Å²) in [5.74, 6) is 0.237. The fourth-order valence-electron chi connectivity index (χ4n) is 7.14. The van der Waals surface area contributed by atoms with Gasteiger partial charge in [0.15, 0.2) is 0 Å². The van der Waals surface area contributed by atoms with E-state index < -0.39 is 12.0 Å². The zero-order valence-corrected chi connectivity index (χ0v) is 18.6. The Hall–Kier alpha value is -2.82. The van der Waals surface area contributed by atoms with Crippen LogP contribution in [0.1, 0.15) is 55.2 Å². The van der Waals surface area contributed by atoms with Gasteiger partial charge in [-0.3, -0.25) is 0 Å². The van der Waals surface area contributed by atoms with Crippen LogP contribution in [0, 0.1) is 18.8 Å². The van der Waals surface area contributed by atoms with Gasteiger partial charge in [-0.05, 0) is 73.8 Å². The highest BCUT2D eigenvalue weighted by atomic mass is 16.4. The van der Waals surface area contributed by atoms with E-state index in [4.69, 9.17) is 0 Å². The van der Waals surface area contributed by atoms with E-state index in [1.807, 2.05) is 30.3 Å². The van der Waals surface area contributed by atoms with Gasteiger partial charge in [-0.15, -0.1) is 0 Å². The van der Waals surface area contributed by atoms with Gasteiger partial charge in [0.05, 0.1) is 0 Å². The molecule has 168 valence electrons. The van der Waals surface area contributed by atoms with Crippen molar-refractivity contribution in [2.45, 2.75) is 68.9 Å². The second kappa shape index (κ2) is 7.95. The predicted octanol–water partition coefficient (Wildman–Crippen LogP) is 4.58. The van der Waals surface area contributed by atoms with Crippen molar-refractivity contribution < 1.29 is 14.7 Å². The number of hydrogen-bond acceptors (Lipinski definition) is 2. The Kier molecular flexibility index (Phi) is 5.23. The summed E-state index contributed by atoms with van der Waals surface area (Å²) in [6, 6.07) is 17.1. The molecule has 4 aliphatic rings. The molecule has 0 heterocycles. The van der Waals surface area contributed by atoms with Gasteiger partial charge < -0.3 is 15.7 Å². The number of hydrogen-bond donors (Lipinski definition) is 3. The molecule has 0 unspecified atom stereocenters. The molecule has 32 heavy (non-hydrogen) atoms. The molecule has 2 amide bonds. The van der Waals surface area contributed by atoms with Crippen LogP contribution in [0.15, 0.2) is 54.6 Å². The quantitative estimate of drug-likeness (QED) is 0.625. The molecule has 5 nitrogen and oxygen atoms in total. The molecule has 0 radical (unpaired) electrons. The molecule has 0 saturated heterocycles.